The molecule has 12 heavy (non-hydrogen) atoms. The van der Waals surface area contributed by atoms with Crippen LogP contribution in [0.5, 0.6) is 0 Å². The van der Waals surface area contributed by atoms with E-state index in [9.17, 15) is 0 Å². The summed E-state index contributed by atoms with van der Waals surface area (Å²) in [5.41, 5.74) is 6.52. The second kappa shape index (κ2) is 4.58. The molecule has 0 aromatic carbocycles. The Morgan fingerprint density at radius 2 is 2.17 bits per heavy atom. The summed E-state index contributed by atoms with van der Waals surface area (Å²) in [6, 6.07) is 0. The molecule has 0 fully saturated rings. The third-order valence-corrected chi connectivity index (χ3v) is 3.17. The molecule has 0 amide bonds. The van der Waals surface area contributed by atoms with E-state index in [-0.39, 0.29) is 0 Å². The highest BCUT2D eigenvalue weighted by molar-refractivity contribution is 7.09. The Kier molecular flexibility index (Phi) is 3.69. The van der Waals surface area contributed by atoms with Gasteiger partial charge in [0.15, 0.2) is 0 Å². The summed E-state index contributed by atoms with van der Waals surface area (Å²) in [5, 5.41) is 3.31. The van der Waals surface area contributed by atoms with Gasteiger partial charge in [-0.05, 0) is 12.8 Å². The van der Waals surface area contributed by atoms with Crippen LogP contribution in [0.15, 0.2) is 5.38 Å². The maximum absolute atomic E-state index is 5.49. The summed E-state index contributed by atoms with van der Waals surface area (Å²) in [4.78, 5) is 4.46. The molecule has 1 aromatic heterocycles. The summed E-state index contributed by atoms with van der Waals surface area (Å²) in [6.07, 6.45) is 2.35. The van der Waals surface area contributed by atoms with Crippen molar-refractivity contribution in [1.29, 1.82) is 0 Å². The molecule has 1 rings (SSSR count). The molecule has 0 unspecified atom stereocenters. The number of hydrogen-bond donors (Lipinski definition) is 1. The zero-order chi connectivity index (χ0) is 8.97. The molecule has 68 valence electrons. The van der Waals surface area contributed by atoms with Crippen molar-refractivity contribution >= 4 is 11.3 Å². The zero-order valence-electron chi connectivity index (χ0n) is 7.71. The van der Waals surface area contributed by atoms with E-state index in [1.54, 1.807) is 11.3 Å². The fourth-order valence-corrected chi connectivity index (χ4v) is 2.34. The third-order valence-electron chi connectivity index (χ3n) is 2.11. The third kappa shape index (κ3) is 2.05. The Hall–Kier alpha value is -0.410. The highest BCUT2D eigenvalue weighted by Crippen LogP contribution is 2.25. The molecule has 0 spiro atoms. The van der Waals surface area contributed by atoms with Crippen molar-refractivity contribution in [2.24, 2.45) is 5.73 Å². The van der Waals surface area contributed by atoms with Gasteiger partial charge in [-0.3, -0.25) is 0 Å². The van der Waals surface area contributed by atoms with Gasteiger partial charge in [-0.1, -0.05) is 13.8 Å². The lowest BCUT2D eigenvalue weighted by Gasteiger charge is -2.06. The molecule has 0 aliphatic rings. The van der Waals surface area contributed by atoms with Crippen molar-refractivity contribution in [3.05, 3.63) is 16.1 Å². The first kappa shape index (κ1) is 9.68. The monoisotopic (exact) mass is 184 g/mol. The summed E-state index contributed by atoms with van der Waals surface area (Å²) >= 11 is 1.74. The van der Waals surface area contributed by atoms with E-state index in [2.05, 4.69) is 24.2 Å². The van der Waals surface area contributed by atoms with Crippen LogP contribution in [0.4, 0.5) is 0 Å². The highest BCUT2D eigenvalue weighted by atomic mass is 32.1. The van der Waals surface area contributed by atoms with Gasteiger partial charge in [0.25, 0.3) is 0 Å². The van der Waals surface area contributed by atoms with Crippen LogP contribution in [0, 0.1) is 0 Å². The molecule has 1 heterocycles. The van der Waals surface area contributed by atoms with Crippen LogP contribution >= 0.6 is 11.3 Å². The van der Waals surface area contributed by atoms with Gasteiger partial charge in [-0.25, -0.2) is 4.98 Å². The van der Waals surface area contributed by atoms with Crippen LogP contribution in [0.2, 0.25) is 0 Å². The van der Waals surface area contributed by atoms with Gasteiger partial charge in [-0.2, -0.15) is 0 Å². The van der Waals surface area contributed by atoms with Gasteiger partial charge in [0.2, 0.25) is 0 Å². The molecule has 0 saturated heterocycles. The Morgan fingerprint density at radius 3 is 2.58 bits per heavy atom. The summed E-state index contributed by atoms with van der Waals surface area (Å²) < 4.78 is 0. The molecule has 0 bridgehead atoms. The first-order chi connectivity index (χ1) is 5.81. The van der Waals surface area contributed by atoms with E-state index in [1.165, 1.54) is 17.8 Å². The van der Waals surface area contributed by atoms with E-state index in [1.807, 2.05) is 0 Å². The Labute approximate surface area is 77.8 Å². The molecular weight excluding hydrogens is 168 g/mol. The molecule has 2 N–H and O–H groups in total. The van der Waals surface area contributed by atoms with E-state index >= 15 is 0 Å². The Bertz CT molecular complexity index is 228. The van der Waals surface area contributed by atoms with Gasteiger partial charge in [0.05, 0.1) is 10.7 Å². The molecule has 1 aromatic rings. The number of thiazole rings is 1. The molecule has 2 nitrogen and oxygen atoms in total. The summed E-state index contributed by atoms with van der Waals surface area (Å²) in [5.74, 6) is 0.635. The Morgan fingerprint density at radius 1 is 1.50 bits per heavy atom. The SMILES string of the molecule is CCC(CC)c1nc(CN)cs1. The minimum absolute atomic E-state index is 0.566. The molecule has 0 aliphatic carbocycles. The average molecular weight is 184 g/mol. The fraction of sp³-hybridized carbons (Fsp3) is 0.667. The summed E-state index contributed by atoms with van der Waals surface area (Å²) in [6.45, 7) is 4.98. The lowest BCUT2D eigenvalue weighted by molar-refractivity contribution is 0.635. The van der Waals surface area contributed by atoms with Gasteiger partial charge < -0.3 is 5.73 Å². The first-order valence-electron chi connectivity index (χ1n) is 4.46. The second-order valence-corrected chi connectivity index (χ2v) is 3.78. The number of aromatic nitrogens is 1. The Balaban J connectivity index is 2.72. The van der Waals surface area contributed by atoms with Crippen LogP contribution in [-0.4, -0.2) is 4.98 Å². The van der Waals surface area contributed by atoms with E-state index < -0.39 is 0 Å². The molecule has 0 saturated carbocycles. The van der Waals surface area contributed by atoms with Gasteiger partial charge in [-0.15, -0.1) is 11.3 Å². The van der Waals surface area contributed by atoms with Crippen molar-refractivity contribution < 1.29 is 0 Å². The number of hydrogen-bond acceptors (Lipinski definition) is 3. The lowest BCUT2D eigenvalue weighted by Crippen LogP contribution is -1.99. The van der Waals surface area contributed by atoms with Crippen molar-refractivity contribution in [3.63, 3.8) is 0 Å². The van der Waals surface area contributed by atoms with E-state index in [0.717, 1.165) is 5.69 Å². The van der Waals surface area contributed by atoms with Gasteiger partial charge >= 0.3 is 0 Å². The minimum Gasteiger partial charge on any atom is -0.325 e. The van der Waals surface area contributed by atoms with Crippen molar-refractivity contribution in [1.82, 2.24) is 4.98 Å². The second-order valence-electron chi connectivity index (χ2n) is 2.89. The smallest absolute Gasteiger partial charge is 0.0959 e. The number of nitrogens with two attached hydrogens (primary N) is 1. The molecular formula is C9H16N2S. The maximum atomic E-state index is 5.49. The van der Waals surface area contributed by atoms with Gasteiger partial charge in [0, 0.05) is 17.8 Å². The minimum atomic E-state index is 0.566. The summed E-state index contributed by atoms with van der Waals surface area (Å²) in [7, 11) is 0. The predicted molar refractivity (Wildman–Crippen MR) is 53.3 cm³/mol. The molecule has 0 atom stereocenters. The van der Waals surface area contributed by atoms with Crippen molar-refractivity contribution in [2.45, 2.75) is 39.2 Å². The van der Waals surface area contributed by atoms with Crippen molar-refractivity contribution in [3.8, 4) is 0 Å². The topological polar surface area (TPSA) is 38.9 Å². The van der Waals surface area contributed by atoms with Crippen molar-refractivity contribution in [2.75, 3.05) is 0 Å². The van der Waals surface area contributed by atoms with Crippen LogP contribution in [-0.2, 0) is 6.54 Å². The quantitative estimate of drug-likeness (QED) is 0.781. The number of nitrogens with zero attached hydrogens (tertiary/aromatic N) is 1. The maximum Gasteiger partial charge on any atom is 0.0959 e. The van der Waals surface area contributed by atoms with Gasteiger partial charge in [0.1, 0.15) is 0 Å². The average Bonchev–Trinajstić information content (AvgIpc) is 2.55. The highest BCUT2D eigenvalue weighted by Gasteiger charge is 2.10. The van der Waals surface area contributed by atoms with Crippen LogP contribution in [0.1, 0.15) is 43.3 Å². The lowest BCUT2D eigenvalue weighted by atomic mass is 10.1. The normalized spacial score (nSPS) is 11.0. The van der Waals surface area contributed by atoms with E-state index in [4.69, 9.17) is 5.73 Å². The largest absolute Gasteiger partial charge is 0.325 e. The van der Waals surface area contributed by atoms with Crippen LogP contribution < -0.4 is 5.73 Å². The molecule has 0 radical (unpaired) electrons. The zero-order valence-corrected chi connectivity index (χ0v) is 8.53. The molecule has 3 heteroatoms. The standard InChI is InChI=1S/C9H16N2S/c1-3-7(4-2)9-11-8(5-10)6-12-9/h6-7H,3-5,10H2,1-2H3. The van der Waals surface area contributed by atoms with E-state index in [0.29, 0.717) is 12.5 Å². The predicted octanol–water partition coefficient (Wildman–Crippen LogP) is 2.51. The number of rotatable bonds is 4. The fourth-order valence-electron chi connectivity index (χ4n) is 1.24. The van der Waals surface area contributed by atoms with Crippen LogP contribution in [0.25, 0.3) is 0 Å². The molecule has 0 aliphatic heterocycles. The van der Waals surface area contributed by atoms with Crippen LogP contribution in [0.3, 0.4) is 0 Å². The first-order valence-corrected chi connectivity index (χ1v) is 5.34.